The minimum atomic E-state index is -0.367. The van der Waals surface area contributed by atoms with E-state index in [4.69, 9.17) is 4.74 Å². The molecule has 1 fully saturated rings. The third-order valence-electron chi connectivity index (χ3n) is 2.21. The highest BCUT2D eigenvalue weighted by Crippen LogP contribution is 2.05. The Bertz CT molecular complexity index is 289. The first-order chi connectivity index (χ1) is 7.59. The van der Waals surface area contributed by atoms with Crippen LogP contribution in [0.15, 0.2) is 12.2 Å². The zero-order chi connectivity index (χ0) is 12.0. The minimum Gasteiger partial charge on any atom is -0.375 e. The lowest BCUT2D eigenvalue weighted by Gasteiger charge is -2.10. The van der Waals surface area contributed by atoms with Gasteiger partial charge >= 0.3 is 0 Å². The summed E-state index contributed by atoms with van der Waals surface area (Å²) in [6, 6.07) is -0.367. The molecule has 0 spiro atoms. The molecule has 5 heteroatoms. The molecule has 0 saturated carbocycles. The van der Waals surface area contributed by atoms with E-state index >= 15 is 0 Å². The van der Waals surface area contributed by atoms with Crippen LogP contribution in [0.25, 0.3) is 0 Å². The zero-order valence-electron chi connectivity index (χ0n) is 9.54. The molecule has 1 heterocycles. The Labute approximate surface area is 95.2 Å². The lowest BCUT2D eigenvalue weighted by atomic mass is 10.2. The normalized spacial score (nSPS) is 19.3. The molecular weight excluding hydrogens is 208 g/mol. The SMILES string of the molecule is C=C(C)COCCNC(=O)[C@H]1CCC(=O)N1. The minimum absolute atomic E-state index is 0.0568. The second kappa shape index (κ2) is 6.27. The Kier molecular flexibility index (Phi) is 4.98. The first kappa shape index (κ1) is 12.7. The predicted molar refractivity (Wildman–Crippen MR) is 59.8 cm³/mol. The van der Waals surface area contributed by atoms with Gasteiger partial charge in [0.25, 0.3) is 0 Å². The molecule has 1 rings (SSSR count). The number of amides is 2. The van der Waals surface area contributed by atoms with Gasteiger partial charge in [-0.2, -0.15) is 0 Å². The molecule has 0 unspecified atom stereocenters. The zero-order valence-corrected chi connectivity index (χ0v) is 9.54. The molecule has 0 aromatic heterocycles. The molecule has 5 nitrogen and oxygen atoms in total. The first-order valence-corrected chi connectivity index (χ1v) is 5.39. The van der Waals surface area contributed by atoms with Crippen molar-refractivity contribution in [2.24, 2.45) is 0 Å². The van der Waals surface area contributed by atoms with Crippen molar-refractivity contribution in [3.63, 3.8) is 0 Å². The van der Waals surface area contributed by atoms with Crippen LogP contribution >= 0.6 is 0 Å². The standard InChI is InChI=1S/C11H18N2O3/c1-8(2)7-16-6-5-12-11(15)9-3-4-10(14)13-9/h9H,1,3-7H2,2H3,(H,12,15)(H,13,14)/t9-/m1/s1. The molecule has 1 saturated heterocycles. The van der Waals surface area contributed by atoms with Crippen molar-refractivity contribution in [2.75, 3.05) is 19.8 Å². The lowest BCUT2D eigenvalue weighted by molar-refractivity contribution is -0.125. The average Bonchev–Trinajstić information content (AvgIpc) is 2.63. The van der Waals surface area contributed by atoms with Gasteiger partial charge in [0.1, 0.15) is 6.04 Å². The van der Waals surface area contributed by atoms with E-state index in [9.17, 15) is 9.59 Å². The smallest absolute Gasteiger partial charge is 0.242 e. The van der Waals surface area contributed by atoms with Gasteiger partial charge in [-0.1, -0.05) is 12.2 Å². The number of nitrogens with one attached hydrogen (secondary N) is 2. The quantitative estimate of drug-likeness (QED) is 0.494. The summed E-state index contributed by atoms with van der Waals surface area (Å²) >= 11 is 0. The maximum Gasteiger partial charge on any atom is 0.242 e. The topological polar surface area (TPSA) is 67.4 Å². The summed E-state index contributed by atoms with van der Waals surface area (Å²) in [6.07, 6.45) is 1.02. The number of ether oxygens (including phenoxy) is 1. The molecular formula is C11H18N2O3. The molecule has 2 N–H and O–H groups in total. The summed E-state index contributed by atoms with van der Waals surface area (Å²) in [6.45, 7) is 7.01. The van der Waals surface area contributed by atoms with Crippen molar-refractivity contribution in [1.29, 1.82) is 0 Å². The van der Waals surface area contributed by atoms with Crippen molar-refractivity contribution in [1.82, 2.24) is 10.6 Å². The van der Waals surface area contributed by atoms with Gasteiger partial charge in [-0.3, -0.25) is 9.59 Å². The van der Waals surface area contributed by atoms with Crippen molar-refractivity contribution in [2.45, 2.75) is 25.8 Å². The maximum atomic E-state index is 11.5. The largest absolute Gasteiger partial charge is 0.375 e. The fourth-order valence-electron chi connectivity index (χ4n) is 1.43. The van der Waals surface area contributed by atoms with Gasteiger partial charge in [-0.15, -0.1) is 0 Å². The van der Waals surface area contributed by atoms with E-state index in [-0.39, 0.29) is 17.9 Å². The van der Waals surface area contributed by atoms with Crippen LogP contribution in [0.1, 0.15) is 19.8 Å². The van der Waals surface area contributed by atoms with Gasteiger partial charge < -0.3 is 15.4 Å². The molecule has 0 radical (unpaired) electrons. The Morgan fingerprint density at radius 3 is 3.00 bits per heavy atom. The fraction of sp³-hybridized carbons (Fsp3) is 0.636. The molecule has 0 aromatic rings. The van der Waals surface area contributed by atoms with Gasteiger partial charge in [-0.25, -0.2) is 0 Å². The highest BCUT2D eigenvalue weighted by atomic mass is 16.5. The van der Waals surface area contributed by atoms with Crippen molar-refractivity contribution in [3.05, 3.63) is 12.2 Å². The van der Waals surface area contributed by atoms with Gasteiger partial charge in [0.15, 0.2) is 0 Å². The number of hydrogen-bond donors (Lipinski definition) is 2. The number of hydrogen-bond acceptors (Lipinski definition) is 3. The number of carbonyl (C=O) groups excluding carboxylic acids is 2. The van der Waals surface area contributed by atoms with E-state index < -0.39 is 0 Å². The van der Waals surface area contributed by atoms with E-state index in [0.29, 0.717) is 32.6 Å². The highest BCUT2D eigenvalue weighted by molar-refractivity contribution is 5.90. The third-order valence-corrected chi connectivity index (χ3v) is 2.21. The van der Waals surface area contributed by atoms with Crippen molar-refractivity contribution in [3.8, 4) is 0 Å². The molecule has 0 aliphatic carbocycles. The van der Waals surface area contributed by atoms with E-state index in [1.807, 2.05) is 6.92 Å². The summed E-state index contributed by atoms with van der Waals surface area (Å²) < 4.78 is 5.23. The van der Waals surface area contributed by atoms with Crippen LogP contribution in [-0.4, -0.2) is 37.6 Å². The van der Waals surface area contributed by atoms with Crippen LogP contribution in [-0.2, 0) is 14.3 Å². The molecule has 1 aliphatic heterocycles. The summed E-state index contributed by atoms with van der Waals surface area (Å²) in [5.74, 6) is -0.191. The molecule has 0 bridgehead atoms. The molecule has 1 aliphatic rings. The summed E-state index contributed by atoms with van der Waals surface area (Å²) in [7, 11) is 0. The van der Waals surface area contributed by atoms with Crippen molar-refractivity contribution < 1.29 is 14.3 Å². The van der Waals surface area contributed by atoms with Crippen molar-refractivity contribution >= 4 is 11.8 Å². The molecule has 1 atom stereocenters. The van der Waals surface area contributed by atoms with Crippen LogP contribution < -0.4 is 10.6 Å². The second-order valence-electron chi connectivity index (χ2n) is 3.96. The highest BCUT2D eigenvalue weighted by Gasteiger charge is 2.26. The van der Waals surface area contributed by atoms with Gasteiger partial charge in [-0.05, 0) is 13.3 Å². The Hall–Kier alpha value is -1.36. The first-order valence-electron chi connectivity index (χ1n) is 5.39. The van der Waals surface area contributed by atoms with E-state index in [0.717, 1.165) is 5.57 Å². The summed E-state index contributed by atoms with van der Waals surface area (Å²) in [5.41, 5.74) is 0.953. The van der Waals surface area contributed by atoms with Crippen LogP contribution in [0.2, 0.25) is 0 Å². The summed E-state index contributed by atoms with van der Waals surface area (Å²) in [4.78, 5) is 22.4. The predicted octanol–water partition coefficient (Wildman–Crippen LogP) is -0.0261. The van der Waals surface area contributed by atoms with E-state index in [1.165, 1.54) is 0 Å². The van der Waals surface area contributed by atoms with Crippen LogP contribution in [0.5, 0.6) is 0 Å². The van der Waals surface area contributed by atoms with E-state index in [1.54, 1.807) is 0 Å². The Morgan fingerprint density at radius 2 is 2.44 bits per heavy atom. The number of carbonyl (C=O) groups is 2. The monoisotopic (exact) mass is 226 g/mol. The Balaban J connectivity index is 2.06. The molecule has 0 aromatic carbocycles. The third kappa shape index (κ3) is 4.44. The molecule has 16 heavy (non-hydrogen) atoms. The van der Waals surface area contributed by atoms with E-state index in [2.05, 4.69) is 17.2 Å². The number of rotatable bonds is 6. The van der Waals surface area contributed by atoms with Crippen LogP contribution in [0.3, 0.4) is 0 Å². The van der Waals surface area contributed by atoms with Crippen LogP contribution in [0.4, 0.5) is 0 Å². The second-order valence-corrected chi connectivity index (χ2v) is 3.96. The van der Waals surface area contributed by atoms with Gasteiger partial charge in [0.2, 0.25) is 11.8 Å². The summed E-state index contributed by atoms with van der Waals surface area (Å²) in [5, 5.41) is 5.32. The average molecular weight is 226 g/mol. The fourth-order valence-corrected chi connectivity index (χ4v) is 1.43. The molecule has 2 amide bonds. The van der Waals surface area contributed by atoms with Gasteiger partial charge in [0, 0.05) is 13.0 Å². The van der Waals surface area contributed by atoms with Crippen LogP contribution in [0, 0.1) is 0 Å². The van der Waals surface area contributed by atoms with Gasteiger partial charge in [0.05, 0.1) is 13.2 Å². The lowest BCUT2D eigenvalue weighted by Crippen LogP contribution is -2.42. The maximum absolute atomic E-state index is 11.5. The Morgan fingerprint density at radius 1 is 1.69 bits per heavy atom. The molecule has 90 valence electrons.